The smallest absolute Gasteiger partial charge is 0.227 e. The molecular formula is C21H27NO6. The number of hydrogen-bond donors (Lipinski definition) is 0. The Morgan fingerprint density at radius 2 is 1.43 bits per heavy atom. The van der Waals surface area contributed by atoms with Crippen molar-refractivity contribution in [2.75, 3.05) is 42.6 Å². The van der Waals surface area contributed by atoms with Gasteiger partial charge in [-0.3, -0.25) is 4.79 Å². The first-order valence-electron chi connectivity index (χ1n) is 8.71. The van der Waals surface area contributed by atoms with E-state index in [0.717, 1.165) is 11.1 Å². The third-order valence-corrected chi connectivity index (χ3v) is 4.41. The van der Waals surface area contributed by atoms with Crippen molar-refractivity contribution in [1.82, 2.24) is 4.90 Å². The molecule has 28 heavy (non-hydrogen) atoms. The zero-order valence-electron chi connectivity index (χ0n) is 17.2. The minimum Gasteiger partial charge on any atom is -0.497 e. The van der Waals surface area contributed by atoms with E-state index in [0.29, 0.717) is 35.3 Å². The molecule has 0 heterocycles. The first-order valence-corrected chi connectivity index (χ1v) is 8.71. The van der Waals surface area contributed by atoms with Crippen molar-refractivity contribution >= 4 is 5.91 Å². The molecule has 0 atom stereocenters. The molecule has 152 valence electrons. The van der Waals surface area contributed by atoms with Gasteiger partial charge in [0, 0.05) is 25.2 Å². The van der Waals surface area contributed by atoms with E-state index in [-0.39, 0.29) is 12.3 Å². The van der Waals surface area contributed by atoms with Gasteiger partial charge in [-0.25, -0.2) is 0 Å². The van der Waals surface area contributed by atoms with Crippen molar-refractivity contribution in [3.8, 4) is 28.7 Å². The van der Waals surface area contributed by atoms with E-state index in [2.05, 4.69) is 0 Å². The summed E-state index contributed by atoms with van der Waals surface area (Å²) in [6.07, 6.45) is 0.200. The molecule has 2 rings (SSSR count). The fourth-order valence-electron chi connectivity index (χ4n) is 2.87. The molecule has 7 heteroatoms. The van der Waals surface area contributed by atoms with Crippen molar-refractivity contribution in [2.45, 2.75) is 13.0 Å². The predicted octanol–water partition coefficient (Wildman–Crippen LogP) is 2.93. The molecule has 0 N–H and O–H groups in total. The van der Waals surface area contributed by atoms with Crippen LogP contribution in [-0.2, 0) is 17.8 Å². The minimum absolute atomic E-state index is 0.0489. The number of hydrogen-bond acceptors (Lipinski definition) is 6. The van der Waals surface area contributed by atoms with Crippen molar-refractivity contribution < 1.29 is 28.5 Å². The van der Waals surface area contributed by atoms with Gasteiger partial charge in [-0.15, -0.1) is 0 Å². The molecule has 0 saturated heterocycles. The van der Waals surface area contributed by atoms with E-state index >= 15 is 0 Å². The summed E-state index contributed by atoms with van der Waals surface area (Å²) in [4.78, 5) is 14.4. The zero-order valence-corrected chi connectivity index (χ0v) is 17.2. The molecule has 0 aromatic heterocycles. The third kappa shape index (κ3) is 4.79. The summed E-state index contributed by atoms with van der Waals surface area (Å²) in [6.45, 7) is 0.413. The van der Waals surface area contributed by atoms with Crippen LogP contribution >= 0.6 is 0 Å². The fourth-order valence-corrected chi connectivity index (χ4v) is 2.87. The first-order chi connectivity index (χ1) is 13.5. The lowest BCUT2D eigenvalue weighted by Crippen LogP contribution is -2.28. The molecule has 0 aliphatic rings. The Kier molecular flexibility index (Phi) is 7.37. The van der Waals surface area contributed by atoms with Gasteiger partial charge in [0.15, 0.2) is 11.5 Å². The van der Waals surface area contributed by atoms with Crippen molar-refractivity contribution in [1.29, 1.82) is 0 Å². The van der Waals surface area contributed by atoms with Gasteiger partial charge in [-0.2, -0.15) is 0 Å². The summed E-state index contributed by atoms with van der Waals surface area (Å²) >= 11 is 0. The topological polar surface area (TPSA) is 66.5 Å². The molecule has 7 nitrogen and oxygen atoms in total. The van der Waals surface area contributed by atoms with Crippen LogP contribution in [0.15, 0.2) is 30.3 Å². The number of benzene rings is 2. The molecule has 0 aliphatic carbocycles. The Bertz CT molecular complexity index is 796. The van der Waals surface area contributed by atoms with Gasteiger partial charge in [-0.1, -0.05) is 0 Å². The highest BCUT2D eigenvalue weighted by atomic mass is 16.5. The lowest BCUT2D eigenvalue weighted by Gasteiger charge is -2.20. The summed E-state index contributed by atoms with van der Waals surface area (Å²) in [5.41, 5.74) is 1.66. The third-order valence-electron chi connectivity index (χ3n) is 4.41. The molecular weight excluding hydrogens is 362 g/mol. The van der Waals surface area contributed by atoms with Crippen LogP contribution in [-0.4, -0.2) is 53.4 Å². The van der Waals surface area contributed by atoms with Gasteiger partial charge in [0.25, 0.3) is 0 Å². The number of amides is 1. The van der Waals surface area contributed by atoms with E-state index in [1.54, 1.807) is 65.7 Å². The maximum absolute atomic E-state index is 12.7. The van der Waals surface area contributed by atoms with Crippen molar-refractivity contribution in [2.24, 2.45) is 0 Å². The van der Waals surface area contributed by atoms with Gasteiger partial charge in [-0.05, 0) is 29.8 Å². The quantitative estimate of drug-likeness (QED) is 0.657. The maximum Gasteiger partial charge on any atom is 0.227 e. The minimum atomic E-state index is -0.0489. The van der Waals surface area contributed by atoms with E-state index < -0.39 is 0 Å². The molecule has 0 radical (unpaired) electrons. The molecule has 2 aromatic carbocycles. The molecule has 0 aliphatic heterocycles. The van der Waals surface area contributed by atoms with Crippen LogP contribution in [0.5, 0.6) is 28.7 Å². The van der Waals surface area contributed by atoms with E-state index in [1.165, 1.54) is 0 Å². The van der Waals surface area contributed by atoms with Gasteiger partial charge < -0.3 is 28.6 Å². The van der Waals surface area contributed by atoms with E-state index in [1.807, 2.05) is 12.1 Å². The summed E-state index contributed by atoms with van der Waals surface area (Å²) in [6, 6.07) is 9.09. The largest absolute Gasteiger partial charge is 0.497 e. The standard InChI is InChI=1S/C21H27NO6/c1-22(13-15-7-8-16(24-2)12-17(15)25-3)20(23)11-14-9-18(26-4)21(28-6)19(10-14)27-5/h7-10,12H,11,13H2,1-6H3. The number of methoxy groups -OCH3 is 5. The highest BCUT2D eigenvalue weighted by molar-refractivity contribution is 5.79. The van der Waals surface area contributed by atoms with Crippen LogP contribution in [0.3, 0.4) is 0 Å². The Labute approximate surface area is 165 Å². The normalized spacial score (nSPS) is 10.2. The number of ether oxygens (including phenoxy) is 5. The van der Waals surface area contributed by atoms with Crippen molar-refractivity contribution in [3.63, 3.8) is 0 Å². The van der Waals surface area contributed by atoms with Crippen LogP contribution in [0, 0.1) is 0 Å². The average Bonchev–Trinajstić information content (AvgIpc) is 2.72. The van der Waals surface area contributed by atoms with E-state index in [9.17, 15) is 4.79 Å². The number of nitrogens with zero attached hydrogens (tertiary/aromatic N) is 1. The number of carbonyl (C=O) groups excluding carboxylic acids is 1. The summed E-state index contributed by atoms with van der Waals surface area (Å²) < 4.78 is 26.6. The van der Waals surface area contributed by atoms with Crippen LogP contribution in [0.4, 0.5) is 0 Å². The van der Waals surface area contributed by atoms with Crippen molar-refractivity contribution in [3.05, 3.63) is 41.5 Å². The SMILES string of the molecule is COc1ccc(CN(C)C(=O)Cc2cc(OC)c(OC)c(OC)c2)c(OC)c1. The molecule has 1 amide bonds. The number of carbonyl (C=O) groups is 1. The Balaban J connectivity index is 2.17. The maximum atomic E-state index is 12.7. The summed E-state index contributed by atoms with van der Waals surface area (Å²) in [7, 11) is 9.58. The lowest BCUT2D eigenvalue weighted by atomic mass is 10.1. The monoisotopic (exact) mass is 389 g/mol. The van der Waals surface area contributed by atoms with E-state index in [4.69, 9.17) is 23.7 Å². The van der Waals surface area contributed by atoms with Crippen LogP contribution in [0.1, 0.15) is 11.1 Å². The molecule has 0 saturated carbocycles. The Morgan fingerprint density at radius 3 is 1.93 bits per heavy atom. The molecule has 0 bridgehead atoms. The van der Waals surface area contributed by atoms with Gasteiger partial charge in [0.1, 0.15) is 11.5 Å². The molecule has 0 unspecified atom stereocenters. The number of rotatable bonds is 9. The molecule has 2 aromatic rings. The lowest BCUT2D eigenvalue weighted by molar-refractivity contribution is -0.129. The van der Waals surface area contributed by atoms with Gasteiger partial charge in [0.05, 0.1) is 42.0 Å². The zero-order chi connectivity index (χ0) is 20.7. The Hall–Kier alpha value is -3.09. The van der Waals surface area contributed by atoms with Crippen LogP contribution in [0.25, 0.3) is 0 Å². The summed E-state index contributed by atoms with van der Waals surface area (Å²) in [5.74, 6) is 2.86. The summed E-state index contributed by atoms with van der Waals surface area (Å²) in [5, 5.41) is 0. The second-order valence-corrected chi connectivity index (χ2v) is 6.14. The van der Waals surface area contributed by atoms with Crippen LogP contribution < -0.4 is 23.7 Å². The molecule has 0 spiro atoms. The second kappa shape index (κ2) is 9.73. The first kappa shape index (κ1) is 21.2. The second-order valence-electron chi connectivity index (χ2n) is 6.14. The molecule has 0 fully saturated rings. The highest BCUT2D eigenvalue weighted by Gasteiger charge is 2.17. The van der Waals surface area contributed by atoms with Gasteiger partial charge >= 0.3 is 0 Å². The average molecular weight is 389 g/mol. The predicted molar refractivity (Wildman–Crippen MR) is 106 cm³/mol. The fraction of sp³-hybridized carbons (Fsp3) is 0.381. The number of likely N-dealkylation sites (N-methyl/N-ethyl adjacent to an activating group) is 1. The Morgan fingerprint density at radius 1 is 0.821 bits per heavy atom. The van der Waals surface area contributed by atoms with Gasteiger partial charge in [0.2, 0.25) is 11.7 Å². The van der Waals surface area contributed by atoms with Crippen LogP contribution in [0.2, 0.25) is 0 Å². The highest BCUT2D eigenvalue weighted by Crippen LogP contribution is 2.38.